The largest absolute Gasteiger partial charge is 0.389 e. The highest BCUT2D eigenvalue weighted by atomic mass is 16.3. The second kappa shape index (κ2) is 6.86. The Bertz CT molecular complexity index is 212. The number of carbonyl (C=O) groups is 1. The summed E-state index contributed by atoms with van der Waals surface area (Å²) in [4.78, 5) is 13.6. The SMILES string of the molecule is CCCCC(N)C(=O)N(CC)CC(C)(C)O. The summed E-state index contributed by atoms with van der Waals surface area (Å²) >= 11 is 0. The Balaban J connectivity index is 4.30. The van der Waals surface area contributed by atoms with Crippen LogP contribution in [0.2, 0.25) is 0 Å². The smallest absolute Gasteiger partial charge is 0.239 e. The molecule has 16 heavy (non-hydrogen) atoms. The van der Waals surface area contributed by atoms with Crippen molar-refractivity contribution in [2.45, 2.75) is 58.6 Å². The highest BCUT2D eigenvalue weighted by Gasteiger charge is 2.24. The van der Waals surface area contributed by atoms with Gasteiger partial charge in [-0.2, -0.15) is 0 Å². The minimum absolute atomic E-state index is 0.0573. The number of hydrogen-bond donors (Lipinski definition) is 2. The Hall–Kier alpha value is -0.610. The van der Waals surface area contributed by atoms with E-state index in [0.717, 1.165) is 19.3 Å². The lowest BCUT2D eigenvalue weighted by molar-refractivity contribution is -0.135. The molecule has 0 aliphatic rings. The molecular weight excluding hydrogens is 204 g/mol. The first kappa shape index (κ1) is 15.4. The van der Waals surface area contributed by atoms with Crippen molar-refractivity contribution in [2.75, 3.05) is 13.1 Å². The third-order valence-electron chi connectivity index (χ3n) is 2.46. The maximum Gasteiger partial charge on any atom is 0.239 e. The van der Waals surface area contributed by atoms with Crippen LogP contribution < -0.4 is 5.73 Å². The molecule has 0 aliphatic heterocycles. The van der Waals surface area contributed by atoms with Crippen LogP contribution in [0.4, 0.5) is 0 Å². The van der Waals surface area contributed by atoms with Crippen molar-refractivity contribution in [1.82, 2.24) is 4.90 Å². The lowest BCUT2D eigenvalue weighted by Crippen LogP contribution is -2.48. The fraction of sp³-hybridized carbons (Fsp3) is 0.917. The minimum atomic E-state index is -0.865. The van der Waals surface area contributed by atoms with Crippen LogP contribution in [-0.4, -0.2) is 40.6 Å². The molecule has 0 aliphatic carbocycles. The van der Waals surface area contributed by atoms with Crippen LogP contribution in [0, 0.1) is 0 Å². The van der Waals surface area contributed by atoms with Gasteiger partial charge in [-0.25, -0.2) is 0 Å². The van der Waals surface area contributed by atoms with Crippen LogP contribution in [0.5, 0.6) is 0 Å². The number of rotatable bonds is 7. The Morgan fingerprint density at radius 3 is 2.38 bits per heavy atom. The summed E-state index contributed by atoms with van der Waals surface area (Å²) in [6.07, 6.45) is 2.73. The monoisotopic (exact) mass is 230 g/mol. The van der Waals surface area contributed by atoms with Gasteiger partial charge in [0.25, 0.3) is 0 Å². The highest BCUT2D eigenvalue weighted by Crippen LogP contribution is 2.08. The molecule has 1 amide bonds. The van der Waals surface area contributed by atoms with Gasteiger partial charge in [0, 0.05) is 13.1 Å². The average Bonchev–Trinajstić information content (AvgIpc) is 2.20. The number of nitrogens with two attached hydrogens (primary N) is 1. The van der Waals surface area contributed by atoms with Crippen LogP contribution in [0.25, 0.3) is 0 Å². The second-order valence-corrected chi connectivity index (χ2v) is 4.91. The molecule has 3 N–H and O–H groups in total. The summed E-state index contributed by atoms with van der Waals surface area (Å²) in [5.74, 6) is -0.0573. The Morgan fingerprint density at radius 1 is 1.44 bits per heavy atom. The molecule has 0 aromatic rings. The van der Waals surface area contributed by atoms with E-state index in [1.54, 1.807) is 18.7 Å². The molecule has 0 aromatic heterocycles. The zero-order chi connectivity index (χ0) is 12.8. The van der Waals surface area contributed by atoms with E-state index < -0.39 is 11.6 Å². The highest BCUT2D eigenvalue weighted by molar-refractivity contribution is 5.81. The molecule has 0 aromatic carbocycles. The van der Waals surface area contributed by atoms with Crippen molar-refractivity contribution >= 4 is 5.91 Å². The summed E-state index contributed by atoms with van der Waals surface area (Å²) in [5, 5.41) is 9.69. The molecular formula is C12H26N2O2. The quantitative estimate of drug-likeness (QED) is 0.689. The van der Waals surface area contributed by atoms with Crippen molar-refractivity contribution in [1.29, 1.82) is 0 Å². The Labute approximate surface area is 98.8 Å². The molecule has 0 bridgehead atoms. The van der Waals surface area contributed by atoms with Crippen molar-refractivity contribution in [3.8, 4) is 0 Å². The summed E-state index contributed by atoms with van der Waals surface area (Å²) in [6.45, 7) is 8.29. The molecule has 1 atom stereocenters. The Morgan fingerprint density at radius 2 is 2.00 bits per heavy atom. The van der Waals surface area contributed by atoms with Crippen molar-refractivity contribution in [2.24, 2.45) is 5.73 Å². The van der Waals surface area contributed by atoms with Gasteiger partial charge in [-0.15, -0.1) is 0 Å². The van der Waals surface area contributed by atoms with E-state index in [4.69, 9.17) is 5.73 Å². The topological polar surface area (TPSA) is 66.6 Å². The minimum Gasteiger partial charge on any atom is -0.389 e. The van der Waals surface area contributed by atoms with E-state index in [-0.39, 0.29) is 5.91 Å². The standard InChI is InChI=1S/C12H26N2O2/c1-5-7-8-10(13)11(15)14(6-2)9-12(3,4)16/h10,16H,5-9,13H2,1-4H3. The number of aliphatic hydroxyl groups is 1. The number of nitrogens with zero attached hydrogens (tertiary/aromatic N) is 1. The summed E-state index contributed by atoms with van der Waals surface area (Å²) in [5.41, 5.74) is 4.96. The molecule has 0 fully saturated rings. The van der Waals surface area contributed by atoms with Crippen molar-refractivity contribution in [3.05, 3.63) is 0 Å². The van der Waals surface area contributed by atoms with Gasteiger partial charge in [0.2, 0.25) is 5.91 Å². The lowest BCUT2D eigenvalue weighted by Gasteiger charge is -2.30. The molecule has 4 heteroatoms. The van der Waals surface area contributed by atoms with E-state index in [0.29, 0.717) is 13.1 Å². The predicted octanol–water partition coefficient (Wildman–Crippen LogP) is 1.12. The third-order valence-corrected chi connectivity index (χ3v) is 2.46. The number of likely N-dealkylation sites (N-methyl/N-ethyl adjacent to an activating group) is 1. The normalized spacial score (nSPS) is 13.6. The lowest BCUT2D eigenvalue weighted by atomic mass is 10.1. The molecule has 4 nitrogen and oxygen atoms in total. The van der Waals surface area contributed by atoms with Crippen LogP contribution in [0.3, 0.4) is 0 Å². The zero-order valence-electron chi connectivity index (χ0n) is 11.0. The molecule has 0 heterocycles. The number of hydrogen-bond acceptors (Lipinski definition) is 3. The first-order valence-corrected chi connectivity index (χ1v) is 6.08. The number of carbonyl (C=O) groups excluding carboxylic acids is 1. The van der Waals surface area contributed by atoms with E-state index in [9.17, 15) is 9.90 Å². The molecule has 0 saturated heterocycles. The van der Waals surface area contributed by atoms with Gasteiger partial charge in [0.05, 0.1) is 11.6 Å². The zero-order valence-corrected chi connectivity index (χ0v) is 11.0. The third kappa shape index (κ3) is 6.08. The fourth-order valence-corrected chi connectivity index (χ4v) is 1.59. The number of amides is 1. The van der Waals surface area contributed by atoms with E-state index in [1.165, 1.54) is 0 Å². The second-order valence-electron chi connectivity index (χ2n) is 4.91. The fourth-order valence-electron chi connectivity index (χ4n) is 1.59. The molecule has 0 spiro atoms. The Kier molecular flexibility index (Phi) is 6.60. The maximum absolute atomic E-state index is 11.9. The van der Waals surface area contributed by atoms with Gasteiger partial charge < -0.3 is 15.7 Å². The summed E-state index contributed by atoms with van der Waals surface area (Å²) < 4.78 is 0. The first-order chi connectivity index (χ1) is 7.31. The molecule has 96 valence electrons. The van der Waals surface area contributed by atoms with Crippen molar-refractivity contribution in [3.63, 3.8) is 0 Å². The van der Waals surface area contributed by atoms with Crippen LogP contribution in [0.15, 0.2) is 0 Å². The summed E-state index contributed by atoms with van der Waals surface area (Å²) in [7, 11) is 0. The van der Waals surface area contributed by atoms with Gasteiger partial charge in [-0.3, -0.25) is 4.79 Å². The molecule has 1 unspecified atom stereocenters. The van der Waals surface area contributed by atoms with Gasteiger partial charge in [0.1, 0.15) is 0 Å². The van der Waals surface area contributed by atoms with Crippen LogP contribution in [0.1, 0.15) is 47.0 Å². The van der Waals surface area contributed by atoms with E-state index >= 15 is 0 Å². The average molecular weight is 230 g/mol. The van der Waals surface area contributed by atoms with E-state index in [1.807, 2.05) is 6.92 Å². The predicted molar refractivity (Wildman–Crippen MR) is 66.1 cm³/mol. The number of unbranched alkanes of at least 4 members (excludes halogenated alkanes) is 1. The van der Waals surface area contributed by atoms with Crippen LogP contribution in [-0.2, 0) is 4.79 Å². The summed E-state index contributed by atoms with van der Waals surface area (Å²) in [6, 6.07) is -0.428. The van der Waals surface area contributed by atoms with Gasteiger partial charge in [-0.1, -0.05) is 19.8 Å². The van der Waals surface area contributed by atoms with Gasteiger partial charge in [-0.05, 0) is 27.2 Å². The molecule has 0 rings (SSSR count). The van der Waals surface area contributed by atoms with Gasteiger partial charge in [0.15, 0.2) is 0 Å². The molecule has 0 saturated carbocycles. The van der Waals surface area contributed by atoms with Gasteiger partial charge >= 0.3 is 0 Å². The first-order valence-electron chi connectivity index (χ1n) is 6.08. The molecule has 0 radical (unpaired) electrons. The van der Waals surface area contributed by atoms with Crippen molar-refractivity contribution < 1.29 is 9.90 Å². The maximum atomic E-state index is 11.9. The van der Waals surface area contributed by atoms with Crippen LogP contribution >= 0.6 is 0 Å². The van der Waals surface area contributed by atoms with E-state index in [2.05, 4.69) is 6.92 Å².